The topological polar surface area (TPSA) is 81.0 Å². The number of ether oxygens (including phenoxy) is 1. The lowest BCUT2D eigenvalue weighted by Gasteiger charge is -2.07. The lowest BCUT2D eigenvalue weighted by molar-refractivity contribution is 0.317. The maximum Gasteiger partial charge on any atom is 0.268 e. The molecule has 0 amide bonds. The van der Waals surface area contributed by atoms with Crippen molar-refractivity contribution in [3.8, 4) is 17.0 Å². The molecule has 0 bridgehead atoms. The van der Waals surface area contributed by atoms with Gasteiger partial charge < -0.3 is 10.5 Å². The summed E-state index contributed by atoms with van der Waals surface area (Å²) in [5.74, 6) is 0.793. The van der Waals surface area contributed by atoms with Crippen molar-refractivity contribution < 1.29 is 4.74 Å². The van der Waals surface area contributed by atoms with Crippen molar-refractivity contribution in [1.29, 1.82) is 0 Å². The average Bonchev–Trinajstić information content (AvgIpc) is 2.46. The van der Waals surface area contributed by atoms with Gasteiger partial charge in [0.1, 0.15) is 5.75 Å². The van der Waals surface area contributed by atoms with Crippen LogP contribution in [0.2, 0.25) is 0 Å². The standard InChI is InChI=1S/C14H17N3O2/c1-2-6-19-12-5-3-4-10(7-12)13-8-11(9-15)14(18)17-16-13/h3-5,7-8H,2,6,9,15H2,1H3,(H,17,18). The molecule has 0 radical (unpaired) electrons. The van der Waals surface area contributed by atoms with Gasteiger partial charge in [-0.3, -0.25) is 4.79 Å². The fourth-order valence-corrected chi connectivity index (χ4v) is 1.71. The third-order valence-corrected chi connectivity index (χ3v) is 2.70. The second-order valence-corrected chi connectivity index (χ2v) is 4.19. The van der Waals surface area contributed by atoms with Crippen molar-refractivity contribution in [2.24, 2.45) is 5.73 Å². The van der Waals surface area contributed by atoms with E-state index in [1.165, 1.54) is 0 Å². The van der Waals surface area contributed by atoms with Crippen molar-refractivity contribution in [3.63, 3.8) is 0 Å². The highest BCUT2D eigenvalue weighted by atomic mass is 16.5. The van der Waals surface area contributed by atoms with Crippen LogP contribution >= 0.6 is 0 Å². The van der Waals surface area contributed by atoms with Crippen LogP contribution < -0.4 is 16.0 Å². The summed E-state index contributed by atoms with van der Waals surface area (Å²) in [4.78, 5) is 11.4. The van der Waals surface area contributed by atoms with E-state index < -0.39 is 0 Å². The summed E-state index contributed by atoms with van der Waals surface area (Å²) in [5, 5.41) is 6.48. The molecule has 2 rings (SSSR count). The van der Waals surface area contributed by atoms with Gasteiger partial charge >= 0.3 is 0 Å². The van der Waals surface area contributed by atoms with Gasteiger partial charge in [-0.15, -0.1) is 0 Å². The number of rotatable bonds is 5. The molecule has 0 aliphatic carbocycles. The van der Waals surface area contributed by atoms with Crippen LogP contribution in [-0.4, -0.2) is 16.8 Å². The third-order valence-electron chi connectivity index (χ3n) is 2.70. The number of H-pyrrole nitrogens is 1. The normalized spacial score (nSPS) is 10.4. The maximum atomic E-state index is 11.4. The molecule has 1 heterocycles. The van der Waals surface area contributed by atoms with E-state index in [9.17, 15) is 4.79 Å². The minimum absolute atomic E-state index is 0.191. The lowest BCUT2D eigenvalue weighted by Crippen LogP contribution is -2.17. The van der Waals surface area contributed by atoms with E-state index in [1.807, 2.05) is 24.3 Å². The Balaban J connectivity index is 2.33. The zero-order valence-electron chi connectivity index (χ0n) is 10.8. The van der Waals surface area contributed by atoms with Crippen LogP contribution in [0, 0.1) is 0 Å². The van der Waals surface area contributed by atoms with Gasteiger partial charge in [-0.2, -0.15) is 5.10 Å². The summed E-state index contributed by atoms with van der Waals surface area (Å²) < 4.78 is 5.57. The van der Waals surface area contributed by atoms with Crippen molar-refractivity contribution in [2.75, 3.05) is 6.61 Å². The van der Waals surface area contributed by atoms with Crippen molar-refractivity contribution in [1.82, 2.24) is 10.2 Å². The van der Waals surface area contributed by atoms with Gasteiger partial charge in [0.2, 0.25) is 0 Å². The van der Waals surface area contributed by atoms with E-state index in [-0.39, 0.29) is 12.1 Å². The average molecular weight is 259 g/mol. The molecule has 100 valence electrons. The molecule has 5 nitrogen and oxygen atoms in total. The molecule has 0 unspecified atom stereocenters. The first-order valence-corrected chi connectivity index (χ1v) is 6.26. The number of aromatic nitrogens is 2. The molecule has 0 saturated carbocycles. The molecule has 0 saturated heterocycles. The summed E-state index contributed by atoms with van der Waals surface area (Å²) >= 11 is 0. The van der Waals surface area contributed by atoms with E-state index in [1.54, 1.807) is 6.07 Å². The highest BCUT2D eigenvalue weighted by Gasteiger charge is 2.05. The first-order chi connectivity index (χ1) is 9.24. The smallest absolute Gasteiger partial charge is 0.268 e. The molecule has 2 aromatic rings. The highest BCUT2D eigenvalue weighted by Crippen LogP contribution is 2.21. The Hall–Kier alpha value is -2.14. The van der Waals surface area contributed by atoms with Crippen LogP contribution in [0.4, 0.5) is 0 Å². The van der Waals surface area contributed by atoms with Gasteiger partial charge in [0.15, 0.2) is 0 Å². The predicted octanol–water partition coefficient (Wildman–Crippen LogP) is 1.68. The zero-order valence-corrected chi connectivity index (χ0v) is 10.8. The Morgan fingerprint density at radius 1 is 1.37 bits per heavy atom. The summed E-state index contributed by atoms with van der Waals surface area (Å²) in [6.07, 6.45) is 0.957. The molecular weight excluding hydrogens is 242 g/mol. The van der Waals surface area contributed by atoms with Crippen LogP contribution in [0.1, 0.15) is 18.9 Å². The Kier molecular flexibility index (Phi) is 4.30. The SMILES string of the molecule is CCCOc1cccc(-c2cc(CN)c(=O)[nH]n2)c1. The number of nitrogens with two attached hydrogens (primary N) is 1. The number of nitrogens with one attached hydrogen (secondary N) is 1. The molecule has 19 heavy (non-hydrogen) atoms. The minimum Gasteiger partial charge on any atom is -0.494 e. The number of hydrogen-bond donors (Lipinski definition) is 2. The first kappa shape index (κ1) is 13.3. The van der Waals surface area contributed by atoms with Crippen LogP contribution in [0.3, 0.4) is 0 Å². The van der Waals surface area contributed by atoms with E-state index >= 15 is 0 Å². The molecule has 1 aromatic carbocycles. The quantitative estimate of drug-likeness (QED) is 0.856. The van der Waals surface area contributed by atoms with Gasteiger partial charge in [-0.05, 0) is 24.6 Å². The monoisotopic (exact) mass is 259 g/mol. The van der Waals surface area contributed by atoms with Crippen molar-refractivity contribution >= 4 is 0 Å². The Morgan fingerprint density at radius 3 is 2.95 bits per heavy atom. The molecule has 3 N–H and O–H groups in total. The van der Waals surface area contributed by atoms with Gasteiger partial charge in [0, 0.05) is 17.7 Å². The molecule has 0 fully saturated rings. The summed E-state index contributed by atoms with van der Waals surface area (Å²) in [6, 6.07) is 9.32. The van der Waals surface area contributed by atoms with Crippen LogP contribution in [-0.2, 0) is 6.54 Å². The number of benzene rings is 1. The number of nitrogens with zero attached hydrogens (tertiary/aromatic N) is 1. The van der Waals surface area contributed by atoms with E-state index in [4.69, 9.17) is 10.5 Å². The molecule has 5 heteroatoms. The van der Waals surface area contributed by atoms with E-state index in [2.05, 4.69) is 17.1 Å². The summed E-state index contributed by atoms with van der Waals surface area (Å²) in [6.45, 7) is 2.92. The Morgan fingerprint density at radius 2 is 2.21 bits per heavy atom. The molecule has 0 aliphatic heterocycles. The predicted molar refractivity (Wildman–Crippen MR) is 74.0 cm³/mol. The molecule has 0 aliphatic rings. The lowest BCUT2D eigenvalue weighted by atomic mass is 10.1. The van der Waals surface area contributed by atoms with Gasteiger partial charge in [0.25, 0.3) is 5.56 Å². The van der Waals surface area contributed by atoms with Gasteiger partial charge in [-0.25, -0.2) is 5.10 Å². The summed E-state index contributed by atoms with van der Waals surface area (Å²) in [5.41, 5.74) is 7.36. The van der Waals surface area contributed by atoms with Crippen LogP contribution in [0.15, 0.2) is 35.1 Å². The number of hydrogen-bond acceptors (Lipinski definition) is 4. The summed E-state index contributed by atoms with van der Waals surface area (Å²) in [7, 11) is 0. The largest absolute Gasteiger partial charge is 0.494 e. The molecule has 1 aromatic heterocycles. The first-order valence-electron chi connectivity index (χ1n) is 6.26. The van der Waals surface area contributed by atoms with Crippen molar-refractivity contribution in [2.45, 2.75) is 19.9 Å². The Labute approximate surface area is 111 Å². The minimum atomic E-state index is -0.246. The molecular formula is C14H17N3O2. The van der Waals surface area contributed by atoms with Gasteiger partial charge in [0.05, 0.1) is 12.3 Å². The van der Waals surface area contributed by atoms with E-state index in [0.29, 0.717) is 17.9 Å². The van der Waals surface area contributed by atoms with Gasteiger partial charge in [-0.1, -0.05) is 19.1 Å². The second-order valence-electron chi connectivity index (χ2n) is 4.19. The third kappa shape index (κ3) is 3.20. The fraction of sp³-hybridized carbons (Fsp3) is 0.286. The maximum absolute atomic E-state index is 11.4. The Bertz CT molecular complexity index is 608. The van der Waals surface area contributed by atoms with Crippen molar-refractivity contribution in [3.05, 3.63) is 46.2 Å². The van der Waals surface area contributed by atoms with E-state index in [0.717, 1.165) is 17.7 Å². The van der Waals surface area contributed by atoms with Crippen LogP contribution in [0.25, 0.3) is 11.3 Å². The number of aromatic amines is 1. The highest BCUT2D eigenvalue weighted by molar-refractivity contribution is 5.61. The zero-order chi connectivity index (χ0) is 13.7. The molecule has 0 spiro atoms. The fourth-order valence-electron chi connectivity index (χ4n) is 1.71. The second kappa shape index (κ2) is 6.15. The van der Waals surface area contributed by atoms with Crippen LogP contribution in [0.5, 0.6) is 5.75 Å². The molecule has 0 atom stereocenters.